The third kappa shape index (κ3) is 2.51. The van der Waals surface area contributed by atoms with Crippen LogP contribution < -0.4 is 4.74 Å². The standard InChI is InChI=1S/C9H13NO2/c1-12-9-7-8(3-2-6-11)4-5-10-9/h4-5,7,11H,2-3,6H2,1H3. The lowest BCUT2D eigenvalue weighted by Gasteiger charge is -2.01. The molecule has 66 valence electrons. The van der Waals surface area contributed by atoms with Gasteiger partial charge >= 0.3 is 0 Å². The molecule has 1 aromatic rings. The van der Waals surface area contributed by atoms with Gasteiger partial charge in [-0.05, 0) is 24.5 Å². The van der Waals surface area contributed by atoms with Crippen LogP contribution in [0.15, 0.2) is 18.3 Å². The summed E-state index contributed by atoms with van der Waals surface area (Å²) in [6.45, 7) is 0.227. The van der Waals surface area contributed by atoms with E-state index in [1.165, 1.54) is 0 Å². The Kier molecular flexibility index (Phi) is 3.54. The molecule has 0 unspecified atom stereocenters. The fourth-order valence-corrected chi connectivity index (χ4v) is 1.00. The fourth-order valence-electron chi connectivity index (χ4n) is 1.00. The van der Waals surface area contributed by atoms with Crippen molar-refractivity contribution in [2.45, 2.75) is 12.8 Å². The van der Waals surface area contributed by atoms with Crippen LogP contribution in [-0.4, -0.2) is 23.8 Å². The Bertz CT molecular complexity index is 238. The van der Waals surface area contributed by atoms with Gasteiger partial charge < -0.3 is 9.84 Å². The van der Waals surface area contributed by atoms with Gasteiger partial charge in [-0.3, -0.25) is 0 Å². The number of hydrogen-bond acceptors (Lipinski definition) is 3. The molecule has 3 heteroatoms. The van der Waals surface area contributed by atoms with E-state index in [1.54, 1.807) is 13.3 Å². The van der Waals surface area contributed by atoms with E-state index in [-0.39, 0.29) is 6.61 Å². The Morgan fingerprint density at radius 3 is 3.08 bits per heavy atom. The lowest BCUT2D eigenvalue weighted by molar-refractivity contribution is 0.288. The van der Waals surface area contributed by atoms with Crippen molar-refractivity contribution in [1.29, 1.82) is 0 Å². The first-order valence-electron chi connectivity index (χ1n) is 3.96. The second-order valence-electron chi connectivity index (χ2n) is 2.53. The molecule has 0 aliphatic rings. The Balaban J connectivity index is 2.60. The van der Waals surface area contributed by atoms with Gasteiger partial charge in [0.1, 0.15) is 0 Å². The first-order valence-corrected chi connectivity index (χ1v) is 3.96. The third-order valence-electron chi connectivity index (χ3n) is 1.63. The first-order chi connectivity index (χ1) is 5.86. The Labute approximate surface area is 72.0 Å². The summed E-state index contributed by atoms with van der Waals surface area (Å²) < 4.78 is 4.96. The van der Waals surface area contributed by atoms with Crippen LogP contribution in [0.5, 0.6) is 5.88 Å². The number of aliphatic hydroxyl groups excluding tert-OH is 1. The van der Waals surface area contributed by atoms with Gasteiger partial charge in [0.05, 0.1) is 7.11 Å². The Morgan fingerprint density at radius 1 is 1.58 bits per heavy atom. The summed E-state index contributed by atoms with van der Waals surface area (Å²) in [7, 11) is 1.60. The highest BCUT2D eigenvalue weighted by atomic mass is 16.5. The van der Waals surface area contributed by atoms with Crippen LogP contribution in [0.4, 0.5) is 0 Å². The van der Waals surface area contributed by atoms with Gasteiger partial charge in [-0.25, -0.2) is 4.98 Å². The zero-order valence-electron chi connectivity index (χ0n) is 7.16. The van der Waals surface area contributed by atoms with Gasteiger partial charge in [-0.1, -0.05) is 0 Å². The number of hydrogen-bond donors (Lipinski definition) is 1. The van der Waals surface area contributed by atoms with Gasteiger partial charge in [0.15, 0.2) is 0 Å². The van der Waals surface area contributed by atoms with Crippen molar-refractivity contribution in [2.75, 3.05) is 13.7 Å². The van der Waals surface area contributed by atoms with E-state index < -0.39 is 0 Å². The van der Waals surface area contributed by atoms with Gasteiger partial charge in [-0.2, -0.15) is 0 Å². The van der Waals surface area contributed by atoms with Crippen LogP contribution in [-0.2, 0) is 6.42 Å². The molecular weight excluding hydrogens is 154 g/mol. The van der Waals surface area contributed by atoms with Crippen LogP contribution in [0.2, 0.25) is 0 Å². The van der Waals surface area contributed by atoms with Crippen molar-refractivity contribution in [3.8, 4) is 5.88 Å². The molecule has 0 fully saturated rings. The molecule has 1 aromatic heterocycles. The number of aromatic nitrogens is 1. The predicted octanol–water partition coefficient (Wildman–Crippen LogP) is 1.02. The zero-order valence-corrected chi connectivity index (χ0v) is 7.16. The maximum atomic E-state index is 8.61. The first kappa shape index (κ1) is 9.00. The maximum Gasteiger partial charge on any atom is 0.213 e. The second kappa shape index (κ2) is 4.72. The molecule has 0 radical (unpaired) electrons. The molecule has 0 bridgehead atoms. The molecule has 0 aliphatic heterocycles. The molecule has 0 spiro atoms. The number of ether oxygens (including phenoxy) is 1. The van der Waals surface area contributed by atoms with Crippen molar-refractivity contribution < 1.29 is 9.84 Å². The molecule has 1 N–H and O–H groups in total. The number of methoxy groups -OCH3 is 1. The van der Waals surface area contributed by atoms with Gasteiger partial charge in [0.2, 0.25) is 5.88 Å². The molecule has 0 aliphatic carbocycles. The maximum absolute atomic E-state index is 8.61. The second-order valence-corrected chi connectivity index (χ2v) is 2.53. The van der Waals surface area contributed by atoms with Crippen molar-refractivity contribution in [2.24, 2.45) is 0 Å². The normalized spacial score (nSPS) is 9.83. The van der Waals surface area contributed by atoms with Crippen molar-refractivity contribution >= 4 is 0 Å². The fraction of sp³-hybridized carbons (Fsp3) is 0.444. The van der Waals surface area contributed by atoms with Gasteiger partial charge in [0.25, 0.3) is 0 Å². The highest BCUT2D eigenvalue weighted by Crippen LogP contribution is 2.09. The Morgan fingerprint density at radius 2 is 2.42 bits per heavy atom. The highest BCUT2D eigenvalue weighted by molar-refractivity contribution is 5.20. The van der Waals surface area contributed by atoms with Crippen LogP contribution >= 0.6 is 0 Å². The summed E-state index contributed by atoms with van der Waals surface area (Å²) in [5, 5.41) is 8.61. The number of aliphatic hydroxyl groups is 1. The van der Waals surface area contributed by atoms with E-state index in [0.717, 1.165) is 18.4 Å². The summed E-state index contributed by atoms with van der Waals surface area (Å²) in [4.78, 5) is 3.98. The smallest absolute Gasteiger partial charge is 0.213 e. The average Bonchev–Trinajstić information content (AvgIpc) is 2.15. The van der Waals surface area contributed by atoms with Gasteiger partial charge in [-0.15, -0.1) is 0 Å². The molecule has 3 nitrogen and oxygen atoms in total. The predicted molar refractivity (Wildman–Crippen MR) is 46.2 cm³/mol. The van der Waals surface area contributed by atoms with Crippen molar-refractivity contribution in [3.63, 3.8) is 0 Å². The summed E-state index contributed by atoms with van der Waals surface area (Å²) in [5.41, 5.74) is 1.15. The summed E-state index contributed by atoms with van der Waals surface area (Å²) in [6, 6.07) is 3.81. The van der Waals surface area contributed by atoms with Crippen LogP contribution in [0.1, 0.15) is 12.0 Å². The zero-order chi connectivity index (χ0) is 8.81. The number of rotatable bonds is 4. The largest absolute Gasteiger partial charge is 0.481 e. The monoisotopic (exact) mass is 167 g/mol. The minimum Gasteiger partial charge on any atom is -0.481 e. The topological polar surface area (TPSA) is 42.4 Å². The Hall–Kier alpha value is -1.09. The molecule has 0 atom stereocenters. The van der Waals surface area contributed by atoms with E-state index in [0.29, 0.717) is 5.88 Å². The molecule has 0 saturated carbocycles. The lowest BCUT2D eigenvalue weighted by Crippen LogP contribution is -1.92. The minimum atomic E-state index is 0.227. The van der Waals surface area contributed by atoms with E-state index in [4.69, 9.17) is 9.84 Å². The van der Waals surface area contributed by atoms with Gasteiger partial charge in [0, 0.05) is 18.9 Å². The van der Waals surface area contributed by atoms with Crippen LogP contribution in [0.25, 0.3) is 0 Å². The molecule has 0 amide bonds. The number of pyridine rings is 1. The molecule has 0 aromatic carbocycles. The van der Waals surface area contributed by atoms with Crippen molar-refractivity contribution in [3.05, 3.63) is 23.9 Å². The lowest BCUT2D eigenvalue weighted by atomic mass is 10.1. The third-order valence-corrected chi connectivity index (χ3v) is 1.63. The molecular formula is C9H13NO2. The van der Waals surface area contributed by atoms with E-state index in [9.17, 15) is 0 Å². The van der Waals surface area contributed by atoms with E-state index in [2.05, 4.69) is 4.98 Å². The highest BCUT2D eigenvalue weighted by Gasteiger charge is 1.95. The molecule has 1 heterocycles. The summed E-state index contributed by atoms with van der Waals surface area (Å²) >= 11 is 0. The molecule has 12 heavy (non-hydrogen) atoms. The number of aryl methyl sites for hydroxylation is 1. The summed E-state index contributed by atoms with van der Waals surface area (Å²) in [5.74, 6) is 0.630. The molecule has 1 rings (SSSR count). The average molecular weight is 167 g/mol. The van der Waals surface area contributed by atoms with E-state index >= 15 is 0 Å². The number of nitrogens with zero attached hydrogens (tertiary/aromatic N) is 1. The van der Waals surface area contributed by atoms with Crippen molar-refractivity contribution in [1.82, 2.24) is 4.98 Å². The van der Waals surface area contributed by atoms with Crippen LogP contribution in [0, 0.1) is 0 Å². The van der Waals surface area contributed by atoms with Crippen LogP contribution in [0.3, 0.4) is 0 Å². The SMILES string of the molecule is COc1cc(CCCO)ccn1. The summed E-state index contributed by atoms with van der Waals surface area (Å²) in [6.07, 6.45) is 3.37. The quantitative estimate of drug-likeness (QED) is 0.727. The molecule has 0 saturated heterocycles. The minimum absolute atomic E-state index is 0.227. The van der Waals surface area contributed by atoms with E-state index in [1.807, 2.05) is 12.1 Å².